The first kappa shape index (κ1) is 25.2. The van der Waals surface area contributed by atoms with Crippen molar-refractivity contribution in [1.29, 1.82) is 0 Å². The van der Waals surface area contributed by atoms with Crippen LogP contribution in [0.1, 0.15) is 38.1 Å². The minimum Gasteiger partial charge on any atom is -0.497 e. The second kappa shape index (κ2) is 13.4. The molecule has 0 spiro atoms. The van der Waals surface area contributed by atoms with Gasteiger partial charge in [-0.3, -0.25) is 9.58 Å². The van der Waals surface area contributed by atoms with Crippen molar-refractivity contribution in [3.63, 3.8) is 0 Å². The van der Waals surface area contributed by atoms with Gasteiger partial charge in [0.05, 0.1) is 25.4 Å². The number of ether oxygens (including phenoxy) is 1. The van der Waals surface area contributed by atoms with Crippen LogP contribution in [0.2, 0.25) is 0 Å². The predicted molar refractivity (Wildman–Crippen MR) is 130 cm³/mol. The number of methoxy groups -OCH3 is 1. The van der Waals surface area contributed by atoms with Gasteiger partial charge in [0.25, 0.3) is 0 Å². The minimum absolute atomic E-state index is 0. The quantitative estimate of drug-likeness (QED) is 0.290. The number of guanidine groups is 1. The zero-order valence-corrected chi connectivity index (χ0v) is 20.5. The van der Waals surface area contributed by atoms with Gasteiger partial charge in [-0.2, -0.15) is 5.10 Å². The summed E-state index contributed by atoms with van der Waals surface area (Å²) in [7, 11) is 3.64. The number of aryl methyl sites for hydroxylation is 1. The smallest absolute Gasteiger partial charge is 0.191 e. The standard InChI is InChI=1S/C21H34N6O.HI/c1-6-22-21(23-15-18-12-13-25-26(18)4)24-16-20(27(7-2)8-3)17-10-9-11-19(14-17)28-5;/h9-14,20H,6-8,15-16H2,1-5H3,(H2,22,23,24);1H. The molecule has 1 atom stereocenters. The van der Waals surface area contributed by atoms with E-state index >= 15 is 0 Å². The summed E-state index contributed by atoms with van der Waals surface area (Å²) in [6, 6.07) is 10.5. The third kappa shape index (κ3) is 7.50. The van der Waals surface area contributed by atoms with Gasteiger partial charge in [-0.05, 0) is 43.8 Å². The van der Waals surface area contributed by atoms with Crippen LogP contribution < -0.4 is 15.4 Å². The maximum absolute atomic E-state index is 5.42. The van der Waals surface area contributed by atoms with Gasteiger partial charge < -0.3 is 15.4 Å². The molecule has 8 heteroatoms. The van der Waals surface area contributed by atoms with Crippen molar-refractivity contribution in [2.24, 2.45) is 12.0 Å². The highest BCUT2D eigenvalue weighted by Gasteiger charge is 2.19. The summed E-state index contributed by atoms with van der Waals surface area (Å²) < 4.78 is 7.27. The monoisotopic (exact) mass is 514 g/mol. The Morgan fingerprint density at radius 1 is 1.21 bits per heavy atom. The number of rotatable bonds is 10. The summed E-state index contributed by atoms with van der Waals surface area (Å²) in [5.74, 6) is 1.69. The van der Waals surface area contributed by atoms with Crippen molar-refractivity contribution < 1.29 is 4.74 Å². The third-order valence-corrected chi connectivity index (χ3v) is 4.86. The molecule has 2 N–H and O–H groups in total. The van der Waals surface area contributed by atoms with E-state index in [9.17, 15) is 0 Å². The second-order valence-electron chi connectivity index (χ2n) is 6.54. The lowest BCUT2D eigenvalue weighted by Crippen LogP contribution is -2.43. The summed E-state index contributed by atoms with van der Waals surface area (Å²) in [5, 5.41) is 11.1. The van der Waals surface area contributed by atoms with Crippen LogP contribution in [0.15, 0.2) is 41.5 Å². The van der Waals surface area contributed by atoms with Crippen molar-refractivity contribution in [2.45, 2.75) is 33.4 Å². The molecule has 7 nitrogen and oxygen atoms in total. The predicted octanol–water partition coefficient (Wildman–Crippen LogP) is 3.18. The van der Waals surface area contributed by atoms with E-state index in [0.717, 1.165) is 43.6 Å². The van der Waals surface area contributed by atoms with Crippen LogP contribution in [-0.2, 0) is 13.6 Å². The molecule has 0 saturated carbocycles. The number of halogens is 1. The van der Waals surface area contributed by atoms with Crippen molar-refractivity contribution in [3.05, 3.63) is 47.8 Å². The lowest BCUT2D eigenvalue weighted by molar-refractivity contribution is 0.218. The average Bonchev–Trinajstić information content (AvgIpc) is 3.13. The van der Waals surface area contributed by atoms with E-state index in [2.05, 4.69) is 53.5 Å². The van der Waals surface area contributed by atoms with E-state index in [1.807, 2.05) is 29.9 Å². The first-order valence-corrected chi connectivity index (χ1v) is 9.99. The molecule has 1 unspecified atom stereocenters. The number of likely N-dealkylation sites (N-methyl/N-ethyl adjacent to an activating group) is 1. The molecule has 162 valence electrons. The molecule has 2 aromatic rings. The van der Waals surface area contributed by atoms with Crippen molar-refractivity contribution >= 4 is 29.9 Å². The fourth-order valence-corrected chi connectivity index (χ4v) is 3.22. The molecule has 1 heterocycles. The Morgan fingerprint density at radius 2 is 1.97 bits per heavy atom. The molecule has 0 aliphatic carbocycles. The molecule has 29 heavy (non-hydrogen) atoms. The van der Waals surface area contributed by atoms with Crippen LogP contribution in [0, 0.1) is 0 Å². The van der Waals surface area contributed by atoms with Crippen LogP contribution in [-0.4, -0.2) is 53.9 Å². The molecule has 0 fully saturated rings. The Morgan fingerprint density at radius 3 is 2.55 bits per heavy atom. The van der Waals surface area contributed by atoms with Crippen molar-refractivity contribution in [1.82, 2.24) is 25.3 Å². The van der Waals surface area contributed by atoms with Crippen LogP contribution in [0.25, 0.3) is 0 Å². The number of benzene rings is 1. The van der Waals surface area contributed by atoms with Crippen molar-refractivity contribution in [2.75, 3.05) is 33.3 Å². The fraction of sp³-hybridized carbons (Fsp3) is 0.524. The highest BCUT2D eigenvalue weighted by Crippen LogP contribution is 2.23. The van der Waals surface area contributed by atoms with Gasteiger partial charge in [-0.25, -0.2) is 4.99 Å². The van der Waals surface area contributed by atoms with Gasteiger partial charge in [0.1, 0.15) is 5.75 Å². The van der Waals surface area contributed by atoms with Crippen LogP contribution >= 0.6 is 24.0 Å². The molecule has 2 rings (SSSR count). The Bertz CT molecular complexity index is 744. The maximum Gasteiger partial charge on any atom is 0.191 e. The van der Waals surface area contributed by atoms with Crippen LogP contribution in [0.4, 0.5) is 0 Å². The number of nitrogens with zero attached hydrogens (tertiary/aromatic N) is 4. The molecule has 0 bridgehead atoms. The van der Waals surface area contributed by atoms with E-state index in [1.54, 1.807) is 13.3 Å². The summed E-state index contributed by atoms with van der Waals surface area (Å²) in [4.78, 5) is 7.15. The summed E-state index contributed by atoms with van der Waals surface area (Å²) in [6.45, 7) is 10.6. The third-order valence-electron chi connectivity index (χ3n) is 4.86. The van der Waals surface area contributed by atoms with E-state index in [1.165, 1.54) is 5.56 Å². The van der Waals surface area contributed by atoms with Crippen molar-refractivity contribution in [3.8, 4) is 5.75 Å². The molecule has 0 radical (unpaired) electrons. The molecule has 1 aromatic carbocycles. The minimum atomic E-state index is 0. The van der Waals surface area contributed by atoms with Gasteiger partial charge >= 0.3 is 0 Å². The number of aromatic nitrogens is 2. The van der Waals surface area contributed by atoms with Gasteiger partial charge in [0.15, 0.2) is 5.96 Å². The molecule has 0 aliphatic heterocycles. The van der Waals surface area contributed by atoms with E-state index in [0.29, 0.717) is 6.54 Å². The number of nitrogens with one attached hydrogen (secondary N) is 2. The molecular formula is C21H35IN6O. The summed E-state index contributed by atoms with van der Waals surface area (Å²) in [5.41, 5.74) is 2.31. The second-order valence-corrected chi connectivity index (χ2v) is 6.54. The zero-order chi connectivity index (χ0) is 20.4. The Balaban J connectivity index is 0.00000420. The zero-order valence-electron chi connectivity index (χ0n) is 18.2. The lowest BCUT2D eigenvalue weighted by atomic mass is 10.0. The van der Waals surface area contributed by atoms with E-state index in [-0.39, 0.29) is 30.0 Å². The molecule has 0 aliphatic rings. The summed E-state index contributed by atoms with van der Waals surface area (Å²) in [6.07, 6.45) is 1.80. The SMILES string of the molecule is CCNC(=NCc1ccnn1C)NCC(c1cccc(OC)c1)N(CC)CC.I. The Labute approximate surface area is 191 Å². The highest BCUT2D eigenvalue weighted by molar-refractivity contribution is 14.0. The summed E-state index contributed by atoms with van der Waals surface area (Å²) >= 11 is 0. The fourth-order valence-electron chi connectivity index (χ4n) is 3.22. The van der Waals surface area contributed by atoms with Gasteiger partial charge in [-0.1, -0.05) is 26.0 Å². The van der Waals surface area contributed by atoms with Crippen LogP contribution in [0.5, 0.6) is 5.75 Å². The van der Waals surface area contributed by atoms with Gasteiger partial charge in [0.2, 0.25) is 0 Å². The van der Waals surface area contributed by atoms with E-state index < -0.39 is 0 Å². The normalized spacial score (nSPS) is 12.4. The first-order chi connectivity index (χ1) is 13.6. The molecule has 1 aromatic heterocycles. The lowest BCUT2D eigenvalue weighted by Gasteiger charge is -2.31. The van der Waals surface area contributed by atoms with Crippen LogP contribution in [0.3, 0.4) is 0 Å². The molecular weight excluding hydrogens is 479 g/mol. The Hall–Kier alpha value is -1.81. The first-order valence-electron chi connectivity index (χ1n) is 9.99. The number of hydrogen-bond acceptors (Lipinski definition) is 4. The largest absolute Gasteiger partial charge is 0.497 e. The van der Waals surface area contributed by atoms with Gasteiger partial charge in [-0.15, -0.1) is 24.0 Å². The maximum atomic E-state index is 5.42. The van der Waals surface area contributed by atoms with Gasteiger partial charge in [0, 0.05) is 26.3 Å². The Kier molecular flexibility index (Phi) is 11.7. The number of aliphatic imine (C=N–C) groups is 1. The highest BCUT2D eigenvalue weighted by atomic mass is 127. The molecule has 0 saturated heterocycles. The number of hydrogen-bond donors (Lipinski definition) is 2. The molecule has 0 amide bonds. The topological polar surface area (TPSA) is 66.7 Å². The van der Waals surface area contributed by atoms with E-state index in [4.69, 9.17) is 9.73 Å². The average molecular weight is 514 g/mol.